The molecule has 1 aromatic carbocycles. The van der Waals surface area contributed by atoms with Crippen molar-refractivity contribution in [3.8, 4) is 5.75 Å². The summed E-state index contributed by atoms with van der Waals surface area (Å²) in [6.45, 7) is 0. The van der Waals surface area contributed by atoms with Crippen molar-refractivity contribution in [2.75, 3.05) is 7.11 Å². The summed E-state index contributed by atoms with van der Waals surface area (Å²) in [4.78, 5) is 22.4. The molecular weight excluding hydrogens is 220 g/mol. The Morgan fingerprint density at radius 1 is 1.47 bits per heavy atom. The number of aliphatic carboxylic acids is 1. The topological polar surface area (TPSA) is 63.6 Å². The number of hydrogen-bond donors (Lipinski definition) is 1. The van der Waals surface area contributed by atoms with Gasteiger partial charge in [0, 0.05) is 5.56 Å². The van der Waals surface area contributed by atoms with Gasteiger partial charge < -0.3 is 9.84 Å². The maximum atomic E-state index is 11.4. The molecule has 1 N–H and O–H groups in total. The molecule has 90 valence electrons. The summed E-state index contributed by atoms with van der Waals surface area (Å²) in [5.41, 5.74) is 0.114. The SMILES string of the molecule is COc1ccc(C=O)c(C2(C(=O)O)CCC2)c1. The molecule has 2 rings (SSSR count). The third kappa shape index (κ3) is 1.69. The van der Waals surface area contributed by atoms with Gasteiger partial charge in [-0.1, -0.05) is 6.42 Å². The molecule has 0 saturated heterocycles. The molecule has 0 aliphatic heterocycles. The van der Waals surface area contributed by atoms with Gasteiger partial charge in [0.25, 0.3) is 0 Å². The molecule has 0 heterocycles. The van der Waals surface area contributed by atoms with Crippen molar-refractivity contribution in [1.29, 1.82) is 0 Å². The molecule has 0 aromatic heterocycles. The van der Waals surface area contributed by atoms with E-state index in [0.717, 1.165) is 6.42 Å². The van der Waals surface area contributed by atoms with Gasteiger partial charge in [-0.25, -0.2) is 0 Å². The van der Waals surface area contributed by atoms with Crippen LogP contribution in [0.15, 0.2) is 18.2 Å². The number of ether oxygens (including phenoxy) is 1. The van der Waals surface area contributed by atoms with Crippen LogP contribution in [0.3, 0.4) is 0 Å². The predicted octanol–water partition coefficient (Wildman–Crippen LogP) is 2.01. The van der Waals surface area contributed by atoms with Crippen LogP contribution in [0.1, 0.15) is 35.2 Å². The maximum Gasteiger partial charge on any atom is 0.314 e. The molecule has 0 spiro atoms. The standard InChI is InChI=1S/C13H14O4/c1-17-10-4-3-9(8-14)11(7-10)13(12(15)16)5-2-6-13/h3-4,7-8H,2,5-6H2,1H3,(H,15,16). The Kier molecular flexibility index (Phi) is 2.88. The van der Waals surface area contributed by atoms with Crippen LogP contribution in [0.25, 0.3) is 0 Å². The summed E-state index contributed by atoms with van der Waals surface area (Å²) in [5, 5.41) is 9.36. The van der Waals surface area contributed by atoms with Crippen LogP contribution in [0.4, 0.5) is 0 Å². The molecule has 0 atom stereocenters. The summed E-state index contributed by atoms with van der Waals surface area (Å²) in [7, 11) is 1.52. The Balaban J connectivity index is 2.55. The molecule has 0 radical (unpaired) electrons. The lowest BCUT2D eigenvalue weighted by atomic mass is 9.63. The summed E-state index contributed by atoms with van der Waals surface area (Å²) < 4.78 is 5.09. The Morgan fingerprint density at radius 3 is 2.59 bits per heavy atom. The van der Waals surface area contributed by atoms with E-state index in [-0.39, 0.29) is 0 Å². The molecule has 0 amide bonds. The number of hydrogen-bond acceptors (Lipinski definition) is 3. The van der Waals surface area contributed by atoms with E-state index in [0.29, 0.717) is 36.0 Å². The number of aldehydes is 1. The van der Waals surface area contributed by atoms with Crippen molar-refractivity contribution in [3.63, 3.8) is 0 Å². The third-order valence-corrected chi connectivity index (χ3v) is 3.52. The quantitative estimate of drug-likeness (QED) is 0.809. The summed E-state index contributed by atoms with van der Waals surface area (Å²) in [6, 6.07) is 4.95. The first kappa shape index (κ1) is 11.6. The van der Waals surface area contributed by atoms with Gasteiger partial charge in [-0.3, -0.25) is 9.59 Å². The fourth-order valence-electron chi connectivity index (χ4n) is 2.31. The number of methoxy groups -OCH3 is 1. The van der Waals surface area contributed by atoms with E-state index in [1.54, 1.807) is 18.2 Å². The van der Waals surface area contributed by atoms with Gasteiger partial charge in [0.1, 0.15) is 12.0 Å². The number of benzene rings is 1. The smallest absolute Gasteiger partial charge is 0.314 e. The lowest BCUT2D eigenvalue weighted by molar-refractivity contribution is -0.147. The van der Waals surface area contributed by atoms with Crippen LogP contribution in [-0.4, -0.2) is 24.5 Å². The van der Waals surface area contributed by atoms with Crippen LogP contribution in [-0.2, 0) is 10.2 Å². The zero-order chi connectivity index (χ0) is 12.5. The van der Waals surface area contributed by atoms with E-state index in [1.807, 2.05) is 0 Å². The average Bonchev–Trinajstić information content (AvgIpc) is 2.27. The van der Waals surface area contributed by atoms with Gasteiger partial charge in [-0.05, 0) is 36.6 Å². The third-order valence-electron chi connectivity index (χ3n) is 3.52. The van der Waals surface area contributed by atoms with E-state index in [1.165, 1.54) is 7.11 Å². The first-order valence-electron chi connectivity index (χ1n) is 5.51. The van der Waals surface area contributed by atoms with Crippen LogP contribution in [0.5, 0.6) is 5.75 Å². The van der Waals surface area contributed by atoms with E-state index in [2.05, 4.69) is 0 Å². The second-order valence-corrected chi connectivity index (χ2v) is 4.31. The molecule has 0 unspecified atom stereocenters. The molecular formula is C13H14O4. The van der Waals surface area contributed by atoms with Gasteiger partial charge in [-0.15, -0.1) is 0 Å². The average molecular weight is 234 g/mol. The van der Waals surface area contributed by atoms with Crippen LogP contribution in [0, 0.1) is 0 Å². The van der Waals surface area contributed by atoms with E-state index in [4.69, 9.17) is 4.74 Å². The first-order valence-corrected chi connectivity index (χ1v) is 5.51. The van der Waals surface area contributed by atoms with Crippen molar-refractivity contribution >= 4 is 12.3 Å². The minimum Gasteiger partial charge on any atom is -0.497 e. The highest BCUT2D eigenvalue weighted by Crippen LogP contribution is 2.45. The zero-order valence-corrected chi connectivity index (χ0v) is 9.60. The van der Waals surface area contributed by atoms with E-state index >= 15 is 0 Å². The monoisotopic (exact) mass is 234 g/mol. The number of carboxylic acid groups (broad SMARTS) is 1. The maximum absolute atomic E-state index is 11.4. The lowest BCUT2D eigenvalue weighted by Crippen LogP contribution is -2.43. The fourth-order valence-corrected chi connectivity index (χ4v) is 2.31. The molecule has 4 nitrogen and oxygen atoms in total. The lowest BCUT2D eigenvalue weighted by Gasteiger charge is -2.38. The Morgan fingerprint density at radius 2 is 2.18 bits per heavy atom. The molecule has 1 aromatic rings. The Labute approximate surface area is 99.2 Å². The van der Waals surface area contributed by atoms with Crippen molar-refractivity contribution in [1.82, 2.24) is 0 Å². The Bertz CT molecular complexity index is 460. The normalized spacial score (nSPS) is 17.0. The number of rotatable bonds is 4. The van der Waals surface area contributed by atoms with Crippen molar-refractivity contribution in [2.45, 2.75) is 24.7 Å². The molecule has 1 saturated carbocycles. The van der Waals surface area contributed by atoms with Gasteiger partial charge >= 0.3 is 5.97 Å². The van der Waals surface area contributed by atoms with Gasteiger partial charge in [0.15, 0.2) is 0 Å². The molecule has 0 bridgehead atoms. The van der Waals surface area contributed by atoms with Gasteiger partial charge in [0.05, 0.1) is 12.5 Å². The number of carbonyl (C=O) groups excluding carboxylic acids is 1. The first-order chi connectivity index (χ1) is 8.14. The van der Waals surface area contributed by atoms with Gasteiger partial charge in [0.2, 0.25) is 0 Å². The number of carboxylic acids is 1. The van der Waals surface area contributed by atoms with Crippen LogP contribution >= 0.6 is 0 Å². The largest absolute Gasteiger partial charge is 0.497 e. The summed E-state index contributed by atoms with van der Waals surface area (Å²) in [5.74, 6) is -0.279. The van der Waals surface area contributed by atoms with E-state index < -0.39 is 11.4 Å². The van der Waals surface area contributed by atoms with Crippen molar-refractivity contribution in [2.24, 2.45) is 0 Å². The second kappa shape index (κ2) is 4.20. The fraction of sp³-hybridized carbons (Fsp3) is 0.385. The highest BCUT2D eigenvalue weighted by Gasteiger charge is 2.47. The molecule has 1 fully saturated rings. The highest BCUT2D eigenvalue weighted by molar-refractivity contribution is 5.88. The predicted molar refractivity (Wildman–Crippen MR) is 61.5 cm³/mol. The Hall–Kier alpha value is -1.84. The molecule has 4 heteroatoms. The van der Waals surface area contributed by atoms with Crippen LogP contribution < -0.4 is 4.74 Å². The minimum absolute atomic E-state index is 0.438. The van der Waals surface area contributed by atoms with Crippen LogP contribution in [0.2, 0.25) is 0 Å². The summed E-state index contributed by atoms with van der Waals surface area (Å²) >= 11 is 0. The highest BCUT2D eigenvalue weighted by atomic mass is 16.5. The minimum atomic E-state index is -0.898. The van der Waals surface area contributed by atoms with Crippen molar-refractivity contribution in [3.05, 3.63) is 29.3 Å². The van der Waals surface area contributed by atoms with Crippen molar-refractivity contribution < 1.29 is 19.4 Å². The number of carbonyl (C=O) groups is 2. The molecule has 17 heavy (non-hydrogen) atoms. The molecule has 1 aliphatic rings. The second-order valence-electron chi connectivity index (χ2n) is 4.31. The summed E-state index contributed by atoms with van der Waals surface area (Å²) in [6.07, 6.45) is 2.74. The van der Waals surface area contributed by atoms with E-state index in [9.17, 15) is 14.7 Å². The zero-order valence-electron chi connectivity index (χ0n) is 9.60. The molecule has 1 aliphatic carbocycles. The van der Waals surface area contributed by atoms with Gasteiger partial charge in [-0.2, -0.15) is 0 Å².